The largest absolute Gasteiger partial charge is 0.573 e. The van der Waals surface area contributed by atoms with Crippen molar-refractivity contribution in [2.24, 2.45) is 0 Å². The van der Waals surface area contributed by atoms with Gasteiger partial charge < -0.3 is 24.6 Å². The molecule has 1 aliphatic rings. The fourth-order valence-corrected chi connectivity index (χ4v) is 3.28. The maximum Gasteiger partial charge on any atom is 0.573 e. The molecule has 1 heterocycles. The smallest absolute Gasteiger partial charge is 0.452 e. The van der Waals surface area contributed by atoms with Crippen molar-refractivity contribution in [2.75, 3.05) is 49.5 Å². The van der Waals surface area contributed by atoms with Gasteiger partial charge in [0.1, 0.15) is 5.75 Å². The summed E-state index contributed by atoms with van der Waals surface area (Å²) in [6.45, 7) is 6.57. The number of amides is 1. The third-order valence-corrected chi connectivity index (χ3v) is 4.99. The molecule has 0 atom stereocenters. The monoisotopic (exact) mass is 451 g/mol. The molecular weight excluding hydrogens is 427 g/mol. The van der Waals surface area contributed by atoms with Crippen LogP contribution in [0.25, 0.3) is 0 Å². The Morgan fingerprint density at radius 3 is 2.16 bits per heavy atom. The zero-order chi connectivity index (χ0) is 23.1. The average Bonchev–Trinajstić information content (AvgIpc) is 2.77. The number of nitrogens with one attached hydrogen (secondary N) is 1. The van der Waals surface area contributed by atoms with Crippen LogP contribution >= 0.6 is 0 Å². The highest BCUT2D eigenvalue weighted by atomic mass is 19.4. The van der Waals surface area contributed by atoms with Crippen LogP contribution in [0.2, 0.25) is 0 Å². The van der Waals surface area contributed by atoms with Gasteiger partial charge in [-0.3, -0.25) is 4.79 Å². The number of anilines is 2. The second-order valence-electron chi connectivity index (χ2n) is 7.16. The van der Waals surface area contributed by atoms with Gasteiger partial charge in [-0.15, -0.1) is 13.2 Å². The van der Waals surface area contributed by atoms with Gasteiger partial charge in [0, 0.05) is 37.6 Å². The van der Waals surface area contributed by atoms with Crippen molar-refractivity contribution in [3.05, 3.63) is 54.1 Å². The van der Waals surface area contributed by atoms with Gasteiger partial charge in [-0.2, -0.15) is 0 Å². The number of carbonyl (C=O) groups is 2. The van der Waals surface area contributed by atoms with Gasteiger partial charge in [-0.1, -0.05) is 6.92 Å². The topological polar surface area (TPSA) is 71.1 Å². The number of nitrogens with zero attached hydrogens (tertiary/aromatic N) is 2. The lowest BCUT2D eigenvalue weighted by molar-refractivity contribution is -0.274. The summed E-state index contributed by atoms with van der Waals surface area (Å²) >= 11 is 0. The molecule has 10 heteroatoms. The summed E-state index contributed by atoms with van der Waals surface area (Å²) in [5.74, 6) is -1.82. The number of benzene rings is 2. The molecular formula is C22H24F3N3O4. The van der Waals surface area contributed by atoms with Gasteiger partial charge in [0.25, 0.3) is 5.91 Å². The third kappa shape index (κ3) is 6.88. The van der Waals surface area contributed by atoms with E-state index in [1.54, 1.807) is 12.1 Å². The van der Waals surface area contributed by atoms with Crippen LogP contribution in [0.5, 0.6) is 5.75 Å². The lowest BCUT2D eigenvalue weighted by Gasteiger charge is -2.35. The van der Waals surface area contributed by atoms with Gasteiger partial charge in [-0.25, -0.2) is 4.79 Å². The Bertz CT molecular complexity index is 910. The van der Waals surface area contributed by atoms with Crippen LogP contribution in [0.15, 0.2) is 48.5 Å². The van der Waals surface area contributed by atoms with Crippen LogP contribution in [0.1, 0.15) is 17.3 Å². The molecule has 0 unspecified atom stereocenters. The fourth-order valence-electron chi connectivity index (χ4n) is 3.28. The normalized spacial score (nSPS) is 14.7. The first-order valence-corrected chi connectivity index (χ1v) is 10.1. The number of alkyl halides is 3. The minimum atomic E-state index is -4.82. The number of carbonyl (C=O) groups excluding carboxylic acids is 2. The summed E-state index contributed by atoms with van der Waals surface area (Å²) in [5, 5.41) is 2.64. The molecule has 0 aromatic heterocycles. The molecule has 172 valence electrons. The van der Waals surface area contributed by atoms with Crippen molar-refractivity contribution in [1.82, 2.24) is 4.90 Å². The van der Waals surface area contributed by atoms with Gasteiger partial charge in [0.05, 0.1) is 5.56 Å². The highest BCUT2D eigenvalue weighted by molar-refractivity contribution is 5.95. The summed E-state index contributed by atoms with van der Waals surface area (Å²) in [5.41, 5.74) is 1.64. The Hall–Kier alpha value is -3.27. The number of halogens is 3. The molecule has 1 fully saturated rings. The Balaban J connectivity index is 1.45. The molecule has 1 saturated heterocycles. The summed E-state index contributed by atoms with van der Waals surface area (Å²) < 4.78 is 45.2. The molecule has 2 aromatic rings. The van der Waals surface area contributed by atoms with Crippen molar-refractivity contribution >= 4 is 23.3 Å². The van der Waals surface area contributed by atoms with Crippen LogP contribution in [-0.2, 0) is 9.53 Å². The number of hydrogen-bond acceptors (Lipinski definition) is 6. The first-order valence-electron chi connectivity index (χ1n) is 10.1. The first kappa shape index (κ1) is 23.4. The van der Waals surface area contributed by atoms with Crippen LogP contribution in [0.4, 0.5) is 24.5 Å². The standard InChI is InChI=1S/C22H24F3N3O4/c1-2-27-11-13-28(14-12-27)18-7-5-17(6-8-18)26-20(29)15-31-21(30)16-3-9-19(10-4-16)32-22(23,24)25/h3-10H,2,11-15H2,1H3,(H,26,29). The summed E-state index contributed by atoms with van der Waals surface area (Å²) in [4.78, 5) is 28.7. The molecule has 0 spiro atoms. The van der Waals surface area contributed by atoms with Crippen molar-refractivity contribution in [3.8, 4) is 5.75 Å². The van der Waals surface area contributed by atoms with Gasteiger partial charge in [-0.05, 0) is 55.1 Å². The van der Waals surface area contributed by atoms with E-state index in [1.165, 1.54) is 0 Å². The molecule has 2 aromatic carbocycles. The maximum atomic E-state index is 12.2. The second kappa shape index (κ2) is 10.4. The van der Waals surface area contributed by atoms with Crippen LogP contribution < -0.4 is 15.0 Å². The van der Waals surface area contributed by atoms with Crippen molar-refractivity contribution < 1.29 is 32.2 Å². The molecule has 0 radical (unpaired) electrons. The van der Waals surface area contributed by atoms with Gasteiger partial charge in [0.15, 0.2) is 6.61 Å². The number of piperazine rings is 1. The van der Waals surface area contributed by atoms with Crippen molar-refractivity contribution in [1.29, 1.82) is 0 Å². The first-order chi connectivity index (χ1) is 15.2. The Morgan fingerprint density at radius 2 is 1.59 bits per heavy atom. The molecule has 3 rings (SSSR count). The van der Waals surface area contributed by atoms with Gasteiger partial charge in [0.2, 0.25) is 0 Å². The van der Waals surface area contributed by atoms with E-state index in [1.807, 2.05) is 12.1 Å². The van der Waals surface area contributed by atoms with Crippen LogP contribution in [-0.4, -0.2) is 62.5 Å². The number of likely N-dealkylation sites (N-methyl/N-ethyl adjacent to an activating group) is 1. The molecule has 1 aliphatic heterocycles. The Kier molecular flexibility index (Phi) is 7.57. The minimum Gasteiger partial charge on any atom is -0.452 e. The molecule has 7 nitrogen and oxygen atoms in total. The number of hydrogen-bond donors (Lipinski definition) is 1. The number of rotatable bonds is 7. The van der Waals surface area contributed by atoms with E-state index in [4.69, 9.17) is 4.74 Å². The molecule has 32 heavy (non-hydrogen) atoms. The predicted molar refractivity (Wildman–Crippen MR) is 113 cm³/mol. The third-order valence-electron chi connectivity index (χ3n) is 4.99. The zero-order valence-corrected chi connectivity index (χ0v) is 17.5. The molecule has 1 N–H and O–H groups in total. The molecule has 1 amide bonds. The van der Waals surface area contributed by atoms with Crippen molar-refractivity contribution in [2.45, 2.75) is 13.3 Å². The maximum absolute atomic E-state index is 12.2. The van der Waals surface area contributed by atoms with E-state index in [2.05, 4.69) is 26.8 Å². The second-order valence-corrected chi connectivity index (χ2v) is 7.16. The van der Waals surface area contributed by atoms with Crippen molar-refractivity contribution in [3.63, 3.8) is 0 Å². The average molecular weight is 451 g/mol. The van der Waals surface area contributed by atoms with E-state index in [0.717, 1.165) is 62.7 Å². The summed E-state index contributed by atoms with van der Waals surface area (Å²) in [7, 11) is 0. The Labute approximate surface area is 183 Å². The van der Waals surface area contributed by atoms with E-state index >= 15 is 0 Å². The van der Waals surface area contributed by atoms with E-state index in [9.17, 15) is 22.8 Å². The van der Waals surface area contributed by atoms with E-state index < -0.39 is 30.6 Å². The number of esters is 1. The Morgan fingerprint density at radius 1 is 0.969 bits per heavy atom. The highest BCUT2D eigenvalue weighted by Crippen LogP contribution is 2.23. The quantitative estimate of drug-likeness (QED) is 0.650. The highest BCUT2D eigenvalue weighted by Gasteiger charge is 2.31. The van der Waals surface area contributed by atoms with E-state index in [0.29, 0.717) is 5.69 Å². The van der Waals surface area contributed by atoms with E-state index in [-0.39, 0.29) is 5.56 Å². The zero-order valence-electron chi connectivity index (χ0n) is 17.5. The molecule has 0 saturated carbocycles. The lowest BCUT2D eigenvalue weighted by atomic mass is 10.2. The number of ether oxygens (including phenoxy) is 2. The minimum absolute atomic E-state index is 0.000141. The summed E-state index contributed by atoms with van der Waals surface area (Å²) in [6.07, 6.45) is -4.82. The molecule has 0 bridgehead atoms. The van der Waals surface area contributed by atoms with Gasteiger partial charge >= 0.3 is 12.3 Å². The molecule has 0 aliphatic carbocycles. The summed E-state index contributed by atoms with van der Waals surface area (Å²) in [6, 6.07) is 11.6. The van der Waals surface area contributed by atoms with Crippen LogP contribution in [0, 0.1) is 0 Å². The lowest BCUT2D eigenvalue weighted by Crippen LogP contribution is -2.46. The fraction of sp³-hybridized carbons (Fsp3) is 0.364. The SMILES string of the molecule is CCN1CCN(c2ccc(NC(=O)COC(=O)c3ccc(OC(F)(F)F)cc3)cc2)CC1. The predicted octanol–water partition coefficient (Wildman–Crippen LogP) is 3.52. The van der Waals surface area contributed by atoms with Crippen LogP contribution in [0.3, 0.4) is 0 Å².